The highest BCUT2D eigenvalue weighted by atomic mass is 19.4. The molecule has 2 aromatic rings. The molecule has 3 N–H and O–H groups in total. The lowest BCUT2D eigenvalue weighted by Crippen LogP contribution is -2.59. The molecule has 2 rings (SSSR count). The number of pyridine rings is 1. The molecule has 0 aromatic carbocycles. The van der Waals surface area contributed by atoms with Gasteiger partial charge in [0.1, 0.15) is 12.7 Å². The molecule has 0 saturated carbocycles. The molecule has 21 heavy (non-hydrogen) atoms. The van der Waals surface area contributed by atoms with Crippen molar-refractivity contribution in [2.75, 3.05) is 5.32 Å². The third kappa shape index (κ3) is 2.99. The minimum absolute atomic E-state index is 0.0878. The van der Waals surface area contributed by atoms with Gasteiger partial charge in [0.05, 0.1) is 11.9 Å². The molecule has 0 aliphatic rings. The van der Waals surface area contributed by atoms with E-state index in [9.17, 15) is 18.0 Å². The second-order valence-electron chi connectivity index (χ2n) is 4.40. The van der Waals surface area contributed by atoms with Crippen molar-refractivity contribution in [1.29, 1.82) is 0 Å². The molecule has 0 aliphatic carbocycles. The lowest BCUT2D eigenvalue weighted by molar-refractivity contribution is -0.184. The van der Waals surface area contributed by atoms with E-state index < -0.39 is 17.6 Å². The van der Waals surface area contributed by atoms with Crippen molar-refractivity contribution in [2.24, 2.45) is 5.73 Å². The van der Waals surface area contributed by atoms with Gasteiger partial charge in [0.25, 0.3) is 5.91 Å². The minimum atomic E-state index is -4.86. The Morgan fingerprint density at radius 2 is 2.10 bits per heavy atom. The molecule has 1 atom stereocenters. The minimum Gasteiger partial charge on any atom is -0.323 e. The molecule has 1 unspecified atom stereocenters. The summed E-state index contributed by atoms with van der Waals surface area (Å²) in [6, 6.07) is 2.85. The van der Waals surface area contributed by atoms with Crippen LogP contribution in [0.1, 0.15) is 6.92 Å². The first-order chi connectivity index (χ1) is 9.72. The van der Waals surface area contributed by atoms with Gasteiger partial charge in [0.15, 0.2) is 11.4 Å². The zero-order chi connectivity index (χ0) is 15.7. The average Bonchev–Trinajstić information content (AvgIpc) is 2.92. The number of halogens is 3. The number of rotatable bonds is 3. The Bertz CT molecular complexity index is 620. The smallest absolute Gasteiger partial charge is 0.323 e. The third-order valence-corrected chi connectivity index (χ3v) is 2.72. The average molecular weight is 300 g/mol. The van der Waals surface area contributed by atoms with Crippen LogP contribution in [0.15, 0.2) is 31.0 Å². The number of hydrogen-bond acceptors (Lipinski definition) is 5. The topological polar surface area (TPSA) is 98.7 Å². The van der Waals surface area contributed by atoms with Crippen LogP contribution in [-0.4, -0.2) is 37.4 Å². The molecule has 7 nitrogen and oxygen atoms in total. The highest BCUT2D eigenvalue weighted by molar-refractivity contribution is 5.98. The van der Waals surface area contributed by atoms with E-state index >= 15 is 0 Å². The van der Waals surface area contributed by atoms with E-state index in [1.807, 2.05) is 0 Å². The fourth-order valence-corrected chi connectivity index (χ4v) is 1.31. The van der Waals surface area contributed by atoms with Gasteiger partial charge in [-0.1, -0.05) is 0 Å². The number of nitrogens with one attached hydrogen (secondary N) is 1. The van der Waals surface area contributed by atoms with Crippen molar-refractivity contribution in [3.63, 3.8) is 0 Å². The first-order valence-corrected chi connectivity index (χ1v) is 5.70. The molecule has 0 spiro atoms. The van der Waals surface area contributed by atoms with E-state index in [2.05, 4.69) is 20.4 Å². The molecule has 2 aromatic heterocycles. The van der Waals surface area contributed by atoms with Gasteiger partial charge < -0.3 is 11.1 Å². The van der Waals surface area contributed by atoms with Crippen molar-refractivity contribution in [3.05, 3.63) is 31.0 Å². The van der Waals surface area contributed by atoms with Crippen LogP contribution in [0, 0.1) is 0 Å². The molecular weight excluding hydrogens is 289 g/mol. The zero-order valence-electron chi connectivity index (χ0n) is 10.8. The first kappa shape index (κ1) is 14.9. The van der Waals surface area contributed by atoms with Crippen molar-refractivity contribution < 1.29 is 18.0 Å². The van der Waals surface area contributed by atoms with Crippen LogP contribution in [0.2, 0.25) is 0 Å². The molecule has 0 bridgehead atoms. The van der Waals surface area contributed by atoms with Crippen molar-refractivity contribution in [1.82, 2.24) is 19.7 Å². The molecule has 1 amide bonds. The fraction of sp³-hybridized carbons (Fsp3) is 0.273. The maximum atomic E-state index is 12.6. The van der Waals surface area contributed by atoms with Gasteiger partial charge in [0.2, 0.25) is 0 Å². The lowest BCUT2D eigenvalue weighted by Gasteiger charge is -2.26. The van der Waals surface area contributed by atoms with Crippen LogP contribution < -0.4 is 11.1 Å². The van der Waals surface area contributed by atoms with E-state index in [4.69, 9.17) is 5.73 Å². The summed E-state index contributed by atoms with van der Waals surface area (Å²) in [7, 11) is 0. The second kappa shape index (κ2) is 5.13. The Kier molecular flexibility index (Phi) is 3.64. The zero-order valence-corrected chi connectivity index (χ0v) is 10.8. The summed E-state index contributed by atoms with van der Waals surface area (Å²) in [5.41, 5.74) is 2.11. The van der Waals surface area contributed by atoms with Gasteiger partial charge in [0, 0.05) is 0 Å². The summed E-state index contributed by atoms with van der Waals surface area (Å²) < 4.78 is 39.2. The number of nitrogens with zero attached hydrogens (tertiary/aromatic N) is 4. The number of nitrogens with two attached hydrogens (primary N) is 1. The van der Waals surface area contributed by atoms with Crippen molar-refractivity contribution in [2.45, 2.75) is 18.6 Å². The molecule has 0 saturated heterocycles. The van der Waals surface area contributed by atoms with E-state index in [0.717, 1.165) is 0 Å². The Labute approximate surface area is 117 Å². The van der Waals surface area contributed by atoms with Crippen LogP contribution >= 0.6 is 0 Å². The van der Waals surface area contributed by atoms with Gasteiger partial charge >= 0.3 is 6.18 Å². The number of anilines is 1. The highest BCUT2D eigenvalue weighted by Crippen LogP contribution is 2.28. The van der Waals surface area contributed by atoms with E-state index in [-0.39, 0.29) is 5.69 Å². The van der Waals surface area contributed by atoms with Crippen LogP contribution in [0.5, 0.6) is 0 Å². The molecule has 0 radical (unpaired) electrons. The van der Waals surface area contributed by atoms with Crippen molar-refractivity contribution in [3.8, 4) is 5.82 Å². The Balaban J connectivity index is 2.12. The maximum absolute atomic E-state index is 12.6. The normalized spacial score (nSPS) is 14.5. The van der Waals surface area contributed by atoms with Gasteiger partial charge in [-0.2, -0.15) is 18.3 Å². The van der Waals surface area contributed by atoms with E-state index in [0.29, 0.717) is 12.7 Å². The van der Waals surface area contributed by atoms with Crippen molar-refractivity contribution >= 4 is 11.6 Å². The molecule has 112 valence electrons. The molecule has 10 heteroatoms. The maximum Gasteiger partial charge on any atom is 0.415 e. The fourth-order valence-electron chi connectivity index (χ4n) is 1.31. The molecular formula is C11H11F3N6O. The van der Waals surface area contributed by atoms with Gasteiger partial charge in [-0.25, -0.2) is 14.6 Å². The molecule has 2 heterocycles. The molecule has 0 aliphatic heterocycles. The van der Waals surface area contributed by atoms with Gasteiger partial charge in [-0.05, 0) is 19.1 Å². The monoisotopic (exact) mass is 300 g/mol. The van der Waals surface area contributed by atoms with Crippen LogP contribution in [-0.2, 0) is 4.79 Å². The largest absolute Gasteiger partial charge is 0.415 e. The number of carbonyl (C=O) groups excluding carboxylic acids is 1. The second-order valence-corrected chi connectivity index (χ2v) is 4.40. The Hall–Kier alpha value is -2.49. The van der Waals surface area contributed by atoms with Crippen LogP contribution in [0.4, 0.5) is 18.9 Å². The number of alkyl halides is 3. The van der Waals surface area contributed by atoms with Crippen LogP contribution in [0.3, 0.4) is 0 Å². The Morgan fingerprint density at radius 3 is 2.57 bits per heavy atom. The number of hydrogen-bond donors (Lipinski definition) is 2. The summed E-state index contributed by atoms with van der Waals surface area (Å²) in [6.07, 6.45) is -0.950. The number of amides is 1. The third-order valence-electron chi connectivity index (χ3n) is 2.72. The quantitative estimate of drug-likeness (QED) is 0.876. The predicted molar refractivity (Wildman–Crippen MR) is 66.4 cm³/mol. The summed E-state index contributed by atoms with van der Waals surface area (Å²) in [5.74, 6) is -0.970. The SMILES string of the molecule is CC(N)(C(=O)Nc1ccc(-n2cncn2)nc1)C(F)(F)F. The van der Waals surface area contributed by atoms with Crippen LogP contribution in [0.25, 0.3) is 5.82 Å². The van der Waals surface area contributed by atoms with E-state index in [1.54, 1.807) is 0 Å². The summed E-state index contributed by atoms with van der Waals surface area (Å²) in [4.78, 5) is 19.3. The predicted octanol–water partition coefficient (Wildman–Crippen LogP) is 0.880. The highest BCUT2D eigenvalue weighted by Gasteiger charge is 2.53. The lowest BCUT2D eigenvalue weighted by atomic mass is 10.0. The Morgan fingerprint density at radius 1 is 1.38 bits per heavy atom. The van der Waals surface area contributed by atoms with Gasteiger partial charge in [-0.3, -0.25) is 4.79 Å². The number of aromatic nitrogens is 4. The van der Waals surface area contributed by atoms with Gasteiger partial charge in [-0.15, -0.1) is 0 Å². The molecule has 0 fully saturated rings. The standard InChI is InChI=1S/C11H11F3N6O/c1-10(15,11(12,13)14)9(21)19-7-2-3-8(17-4-7)20-6-16-5-18-20/h2-6H,15H2,1H3,(H,19,21). The first-order valence-electron chi connectivity index (χ1n) is 5.70. The number of carbonyl (C=O) groups is 1. The summed E-state index contributed by atoms with van der Waals surface area (Å²) in [5, 5.41) is 5.91. The van der Waals surface area contributed by atoms with E-state index in [1.165, 1.54) is 35.7 Å². The summed E-state index contributed by atoms with van der Waals surface area (Å²) >= 11 is 0. The summed E-state index contributed by atoms with van der Waals surface area (Å²) in [6.45, 7) is 0.597.